The molecule has 1 aromatic rings. The lowest BCUT2D eigenvalue weighted by atomic mass is 10.0. The Morgan fingerprint density at radius 3 is 2.89 bits per heavy atom. The minimum atomic E-state index is -0.950. The van der Waals surface area contributed by atoms with Crippen molar-refractivity contribution in [2.75, 3.05) is 13.7 Å². The van der Waals surface area contributed by atoms with Gasteiger partial charge >= 0.3 is 0 Å². The van der Waals surface area contributed by atoms with Gasteiger partial charge in [-0.05, 0) is 11.6 Å². The van der Waals surface area contributed by atoms with Crippen LogP contribution in [0.5, 0.6) is 0 Å². The Morgan fingerprint density at radius 2 is 2.28 bits per heavy atom. The monoisotopic (exact) mass is 249 g/mol. The smallest absolute Gasteiger partial charge is 0.205 e. The molecule has 18 heavy (non-hydrogen) atoms. The lowest BCUT2D eigenvalue weighted by Gasteiger charge is -2.31. The Labute approximate surface area is 107 Å². The molecule has 4 heteroatoms. The van der Waals surface area contributed by atoms with Gasteiger partial charge in [-0.1, -0.05) is 36.9 Å². The third kappa shape index (κ3) is 2.47. The molecule has 0 aliphatic carbocycles. The zero-order valence-corrected chi connectivity index (χ0v) is 10.5. The summed E-state index contributed by atoms with van der Waals surface area (Å²) in [6, 6.07) is 9.67. The fourth-order valence-electron chi connectivity index (χ4n) is 2.23. The van der Waals surface area contributed by atoms with Crippen molar-refractivity contribution in [2.45, 2.75) is 24.5 Å². The van der Waals surface area contributed by atoms with E-state index in [0.717, 1.165) is 5.56 Å². The highest BCUT2D eigenvalue weighted by Gasteiger charge is 2.47. The SMILES string of the molecule is C=C[C@]1(OC)OC[C@@H](O)[C@@H]1NCc1ccccc1. The molecule has 0 spiro atoms. The Bertz CT molecular complexity index is 395. The summed E-state index contributed by atoms with van der Waals surface area (Å²) in [7, 11) is 1.55. The van der Waals surface area contributed by atoms with Crippen LogP contribution in [-0.4, -0.2) is 36.8 Å². The standard InChI is InChI=1S/C14H19NO3/c1-3-14(17-2)13(12(16)10-18-14)15-9-11-7-5-4-6-8-11/h3-8,12-13,15-16H,1,9-10H2,2H3/t12-,13+,14+/m1/s1. The first kappa shape index (κ1) is 13.2. The van der Waals surface area contributed by atoms with Gasteiger partial charge in [-0.2, -0.15) is 0 Å². The van der Waals surface area contributed by atoms with Gasteiger partial charge in [0.15, 0.2) is 0 Å². The van der Waals surface area contributed by atoms with E-state index in [1.54, 1.807) is 13.2 Å². The molecule has 1 fully saturated rings. The third-order valence-corrected chi connectivity index (χ3v) is 3.27. The molecular weight excluding hydrogens is 230 g/mol. The highest BCUT2D eigenvalue weighted by atomic mass is 16.7. The molecule has 0 radical (unpaired) electrons. The van der Waals surface area contributed by atoms with E-state index < -0.39 is 11.9 Å². The van der Waals surface area contributed by atoms with E-state index in [4.69, 9.17) is 9.47 Å². The van der Waals surface area contributed by atoms with Crippen molar-refractivity contribution in [3.8, 4) is 0 Å². The molecule has 1 saturated heterocycles. The highest BCUT2D eigenvalue weighted by molar-refractivity contribution is 5.15. The fourth-order valence-corrected chi connectivity index (χ4v) is 2.23. The first-order valence-electron chi connectivity index (χ1n) is 6.00. The molecule has 1 heterocycles. The zero-order valence-electron chi connectivity index (χ0n) is 10.5. The number of nitrogens with one attached hydrogen (secondary N) is 1. The second kappa shape index (κ2) is 5.63. The fraction of sp³-hybridized carbons (Fsp3) is 0.429. The summed E-state index contributed by atoms with van der Waals surface area (Å²) in [5.74, 6) is -0.950. The molecule has 2 N–H and O–H groups in total. The molecule has 1 aliphatic heterocycles. The van der Waals surface area contributed by atoms with Crippen molar-refractivity contribution in [3.63, 3.8) is 0 Å². The Balaban J connectivity index is 2.04. The number of benzene rings is 1. The van der Waals surface area contributed by atoms with Crippen LogP contribution >= 0.6 is 0 Å². The van der Waals surface area contributed by atoms with Crippen LogP contribution in [-0.2, 0) is 16.0 Å². The Morgan fingerprint density at radius 1 is 1.56 bits per heavy atom. The average molecular weight is 249 g/mol. The van der Waals surface area contributed by atoms with Gasteiger partial charge in [-0.15, -0.1) is 0 Å². The van der Waals surface area contributed by atoms with Crippen LogP contribution in [0.15, 0.2) is 43.0 Å². The van der Waals surface area contributed by atoms with E-state index in [1.807, 2.05) is 30.3 Å². The maximum Gasteiger partial charge on any atom is 0.205 e. The number of rotatable bonds is 5. The summed E-state index contributed by atoms with van der Waals surface area (Å²) >= 11 is 0. The van der Waals surface area contributed by atoms with Crippen molar-refractivity contribution >= 4 is 0 Å². The summed E-state index contributed by atoms with van der Waals surface area (Å²) in [5.41, 5.74) is 1.14. The van der Waals surface area contributed by atoms with Gasteiger partial charge in [0.05, 0.1) is 18.8 Å². The predicted octanol–water partition coefficient (Wildman–Crippen LogP) is 1.06. The molecule has 2 rings (SSSR count). The minimum Gasteiger partial charge on any atom is -0.389 e. The predicted molar refractivity (Wildman–Crippen MR) is 69.0 cm³/mol. The van der Waals surface area contributed by atoms with Crippen LogP contribution in [0.4, 0.5) is 0 Å². The second-order valence-corrected chi connectivity index (χ2v) is 4.35. The van der Waals surface area contributed by atoms with Crippen molar-refractivity contribution in [1.82, 2.24) is 5.32 Å². The number of aliphatic hydroxyl groups excluding tert-OH is 1. The van der Waals surface area contributed by atoms with Crippen LogP contribution in [0.3, 0.4) is 0 Å². The maximum absolute atomic E-state index is 9.95. The molecular formula is C14H19NO3. The Kier molecular flexibility index (Phi) is 4.14. The molecule has 0 saturated carbocycles. The molecule has 4 nitrogen and oxygen atoms in total. The molecule has 98 valence electrons. The number of methoxy groups -OCH3 is 1. The van der Waals surface area contributed by atoms with E-state index in [-0.39, 0.29) is 12.6 Å². The number of aliphatic hydroxyl groups is 1. The zero-order chi connectivity index (χ0) is 13.0. The molecule has 1 aromatic carbocycles. The van der Waals surface area contributed by atoms with Gasteiger partial charge in [-0.25, -0.2) is 0 Å². The van der Waals surface area contributed by atoms with Crippen molar-refractivity contribution in [1.29, 1.82) is 0 Å². The van der Waals surface area contributed by atoms with Crippen LogP contribution in [0.1, 0.15) is 5.56 Å². The maximum atomic E-state index is 9.95. The quantitative estimate of drug-likeness (QED) is 0.766. The summed E-state index contributed by atoms with van der Waals surface area (Å²) in [4.78, 5) is 0. The van der Waals surface area contributed by atoms with Crippen molar-refractivity contribution in [2.24, 2.45) is 0 Å². The van der Waals surface area contributed by atoms with E-state index in [1.165, 1.54) is 0 Å². The van der Waals surface area contributed by atoms with Gasteiger partial charge in [0.1, 0.15) is 0 Å². The van der Waals surface area contributed by atoms with Crippen molar-refractivity contribution in [3.05, 3.63) is 48.6 Å². The molecule has 0 amide bonds. The number of ether oxygens (including phenoxy) is 2. The number of hydrogen-bond donors (Lipinski definition) is 2. The van der Waals surface area contributed by atoms with Gasteiger partial charge in [0, 0.05) is 13.7 Å². The van der Waals surface area contributed by atoms with E-state index in [2.05, 4.69) is 11.9 Å². The first-order chi connectivity index (χ1) is 8.72. The van der Waals surface area contributed by atoms with Crippen LogP contribution in [0.2, 0.25) is 0 Å². The highest BCUT2D eigenvalue weighted by Crippen LogP contribution is 2.28. The molecule has 1 aliphatic rings. The first-order valence-corrected chi connectivity index (χ1v) is 6.00. The van der Waals surface area contributed by atoms with E-state index >= 15 is 0 Å². The van der Waals surface area contributed by atoms with Gasteiger partial charge < -0.3 is 19.9 Å². The lowest BCUT2D eigenvalue weighted by Crippen LogP contribution is -2.52. The van der Waals surface area contributed by atoms with Crippen LogP contribution in [0, 0.1) is 0 Å². The largest absolute Gasteiger partial charge is 0.389 e. The topological polar surface area (TPSA) is 50.7 Å². The van der Waals surface area contributed by atoms with Gasteiger partial charge in [0.2, 0.25) is 5.79 Å². The van der Waals surface area contributed by atoms with Crippen LogP contribution < -0.4 is 5.32 Å². The normalized spacial score (nSPS) is 31.4. The molecule has 3 atom stereocenters. The molecule has 0 unspecified atom stereocenters. The summed E-state index contributed by atoms with van der Waals surface area (Å²) < 4.78 is 10.9. The summed E-state index contributed by atoms with van der Waals surface area (Å²) in [6.45, 7) is 4.61. The van der Waals surface area contributed by atoms with Crippen molar-refractivity contribution < 1.29 is 14.6 Å². The van der Waals surface area contributed by atoms with Gasteiger partial charge in [0.25, 0.3) is 0 Å². The lowest BCUT2D eigenvalue weighted by molar-refractivity contribution is -0.167. The second-order valence-electron chi connectivity index (χ2n) is 4.35. The third-order valence-electron chi connectivity index (χ3n) is 3.27. The van der Waals surface area contributed by atoms with E-state index in [0.29, 0.717) is 6.54 Å². The molecule has 0 bridgehead atoms. The van der Waals surface area contributed by atoms with Gasteiger partial charge in [-0.3, -0.25) is 0 Å². The number of hydrogen-bond acceptors (Lipinski definition) is 4. The van der Waals surface area contributed by atoms with Crippen LogP contribution in [0.25, 0.3) is 0 Å². The summed E-state index contributed by atoms with van der Waals surface area (Å²) in [6.07, 6.45) is 0.984. The minimum absolute atomic E-state index is 0.242. The molecule has 0 aromatic heterocycles. The Hall–Kier alpha value is -1.20. The average Bonchev–Trinajstić information content (AvgIpc) is 2.75. The summed E-state index contributed by atoms with van der Waals surface area (Å²) in [5, 5.41) is 13.2. The van der Waals surface area contributed by atoms with E-state index in [9.17, 15) is 5.11 Å².